The van der Waals surface area contributed by atoms with Crippen molar-refractivity contribution in [1.82, 2.24) is 5.32 Å². The maximum atomic E-state index is 12.1. The highest BCUT2D eigenvalue weighted by Crippen LogP contribution is 2.38. The summed E-state index contributed by atoms with van der Waals surface area (Å²) in [6, 6.07) is 12.0. The van der Waals surface area contributed by atoms with Gasteiger partial charge in [-0.2, -0.15) is 5.26 Å². The molecule has 1 aliphatic rings. The van der Waals surface area contributed by atoms with E-state index in [2.05, 4.69) is 11.4 Å². The Labute approximate surface area is 119 Å². The van der Waals surface area contributed by atoms with E-state index in [4.69, 9.17) is 4.74 Å². The normalized spacial score (nSPS) is 25.6. The van der Waals surface area contributed by atoms with Crippen LogP contribution < -0.4 is 5.32 Å². The van der Waals surface area contributed by atoms with Crippen molar-refractivity contribution < 1.29 is 9.53 Å². The zero-order valence-corrected chi connectivity index (χ0v) is 11.9. The molecular formula is C16H18N2O2. The molecule has 3 atom stereocenters. The van der Waals surface area contributed by atoms with Crippen molar-refractivity contribution in [3.8, 4) is 6.07 Å². The van der Waals surface area contributed by atoms with E-state index in [0.717, 1.165) is 11.3 Å². The van der Waals surface area contributed by atoms with Gasteiger partial charge in [-0.15, -0.1) is 0 Å². The Kier molecular flexibility index (Phi) is 4.09. The van der Waals surface area contributed by atoms with E-state index < -0.39 is 0 Å². The van der Waals surface area contributed by atoms with Crippen LogP contribution in [0.25, 0.3) is 0 Å². The minimum atomic E-state index is -0.379. The van der Waals surface area contributed by atoms with Crippen LogP contribution in [0.15, 0.2) is 41.6 Å². The van der Waals surface area contributed by atoms with Crippen LogP contribution in [-0.2, 0) is 9.53 Å². The minimum Gasteiger partial charge on any atom is -0.466 e. The van der Waals surface area contributed by atoms with Gasteiger partial charge in [0.2, 0.25) is 0 Å². The number of rotatable bonds is 2. The Morgan fingerprint density at radius 2 is 2.00 bits per heavy atom. The lowest BCUT2D eigenvalue weighted by atomic mass is 9.74. The molecule has 1 aromatic rings. The summed E-state index contributed by atoms with van der Waals surface area (Å²) in [4.78, 5) is 12.1. The number of nitrogens with zero attached hydrogens (tertiary/aromatic N) is 1. The van der Waals surface area contributed by atoms with Crippen molar-refractivity contribution in [3.63, 3.8) is 0 Å². The maximum Gasteiger partial charge on any atom is 0.336 e. The number of allylic oxidation sites excluding steroid dienone is 1. The van der Waals surface area contributed by atoms with Crippen LogP contribution in [0, 0.1) is 17.2 Å². The Morgan fingerprint density at radius 3 is 2.55 bits per heavy atom. The lowest BCUT2D eigenvalue weighted by Gasteiger charge is -2.35. The molecule has 1 aliphatic heterocycles. The predicted molar refractivity (Wildman–Crippen MR) is 75.6 cm³/mol. The molecule has 0 amide bonds. The monoisotopic (exact) mass is 270 g/mol. The SMILES string of the molecule is COC(=O)C1=C(C)NC(C)C(C#N)C1c1ccccc1. The van der Waals surface area contributed by atoms with E-state index in [9.17, 15) is 10.1 Å². The Hall–Kier alpha value is -2.28. The number of hydrogen-bond acceptors (Lipinski definition) is 4. The largest absolute Gasteiger partial charge is 0.466 e. The molecular weight excluding hydrogens is 252 g/mol. The number of carbonyl (C=O) groups excluding carboxylic acids is 1. The highest BCUT2D eigenvalue weighted by molar-refractivity contribution is 5.91. The number of methoxy groups -OCH3 is 1. The van der Waals surface area contributed by atoms with Gasteiger partial charge >= 0.3 is 5.97 Å². The number of carbonyl (C=O) groups is 1. The molecule has 3 unspecified atom stereocenters. The first-order valence-corrected chi connectivity index (χ1v) is 6.60. The molecule has 4 heteroatoms. The molecule has 1 N–H and O–H groups in total. The third-order valence-electron chi connectivity index (χ3n) is 3.77. The maximum absolute atomic E-state index is 12.1. The molecule has 0 bridgehead atoms. The first kappa shape index (κ1) is 14.1. The summed E-state index contributed by atoms with van der Waals surface area (Å²) in [6.07, 6.45) is 0. The molecule has 0 aromatic heterocycles. The van der Waals surface area contributed by atoms with Crippen LogP contribution in [0.4, 0.5) is 0 Å². The van der Waals surface area contributed by atoms with E-state index in [1.807, 2.05) is 44.2 Å². The second kappa shape index (κ2) is 5.79. The van der Waals surface area contributed by atoms with Gasteiger partial charge in [0.05, 0.1) is 24.7 Å². The van der Waals surface area contributed by atoms with Gasteiger partial charge in [0.15, 0.2) is 0 Å². The molecule has 2 rings (SSSR count). The summed E-state index contributed by atoms with van der Waals surface area (Å²) < 4.78 is 4.89. The third kappa shape index (κ3) is 2.39. The Bertz CT molecular complexity index is 572. The van der Waals surface area contributed by atoms with Crippen LogP contribution >= 0.6 is 0 Å². The predicted octanol–water partition coefficient (Wildman–Crippen LogP) is 2.35. The topological polar surface area (TPSA) is 62.1 Å². The quantitative estimate of drug-likeness (QED) is 0.838. The number of nitriles is 1. The molecule has 0 saturated carbocycles. The average molecular weight is 270 g/mol. The molecule has 0 radical (unpaired) electrons. The Morgan fingerprint density at radius 1 is 1.35 bits per heavy atom. The smallest absolute Gasteiger partial charge is 0.336 e. The molecule has 1 heterocycles. The van der Waals surface area contributed by atoms with Crippen LogP contribution in [-0.4, -0.2) is 19.1 Å². The second-order valence-corrected chi connectivity index (χ2v) is 5.01. The van der Waals surface area contributed by atoms with Gasteiger partial charge in [-0.05, 0) is 19.4 Å². The third-order valence-corrected chi connectivity index (χ3v) is 3.77. The van der Waals surface area contributed by atoms with E-state index in [1.54, 1.807) is 0 Å². The fourth-order valence-electron chi connectivity index (χ4n) is 2.82. The first-order valence-electron chi connectivity index (χ1n) is 6.60. The van der Waals surface area contributed by atoms with E-state index in [0.29, 0.717) is 5.57 Å². The molecule has 0 saturated heterocycles. The van der Waals surface area contributed by atoms with Crippen LogP contribution in [0.3, 0.4) is 0 Å². The fraction of sp³-hybridized carbons (Fsp3) is 0.375. The highest BCUT2D eigenvalue weighted by Gasteiger charge is 2.39. The lowest BCUT2D eigenvalue weighted by Crippen LogP contribution is -2.43. The average Bonchev–Trinajstić information content (AvgIpc) is 2.46. The number of esters is 1. The van der Waals surface area contributed by atoms with Crippen molar-refractivity contribution in [3.05, 3.63) is 47.2 Å². The number of ether oxygens (including phenoxy) is 1. The zero-order valence-electron chi connectivity index (χ0n) is 11.9. The summed E-state index contributed by atoms with van der Waals surface area (Å²) in [5.41, 5.74) is 2.29. The van der Waals surface area contributed by atoms with Gasteiger partial charge in [0, 0.05) is 17.7 Å². The number of benzene rings is 1. The standard InChI is InChI=1S/C16H18N2O2/c1-10-13(9-17)15(12-7-5-4-6-8-12)14(11(2)18-10)16(19)20-3/h4-8,10,13,15,18H,1-3H3. The van der Waals surface area contributed by atoms with Gasteiger partial charge in [0.1, 0.15) is 0 Å². The van der Waals surface area contributed by atoms with Gasteiger partial charge in [-0.25, -0.2) is 4.79 Å². The zero-order chi connectivity index (χ0) is 14.7. The summed E-state index contributed by atoms with van der Waals surface area (Å²) in [5, 5.41) is 12.7. The number of hydrogen-bond donors (Lipinski definition) is 1. The molecule has 0 fully saturated rings. The number of nitrogens with one attached hydrogen (secondary N) is 1. The minimum absolute atomic E-state index is 0.0152. The van der Waals surface area contributed by atoms with Crippen LogP contribution in [0.5, 0.6) is 0 Å². The lowest BCUT2D eigenvalue weighted by molar-refractivity contribution is -0.136. The van der Waals surface area contributed by atoms with Gasteiger partial charge in [-0.1, -0.05) is 30.3 Å². The van der Waals surface area contributed by atoms with Crippen molar-refractivity contribution in [2.75, 3.05) is 7.11 Å². The summed E-state index contributed by atoms with van der Waals surface area (Å²) in [7, 11) is 1.37. The van der Waals surface area contributed by atoms with Crippen LogP contribution in [0.1, 0.15) is 25.3 Å². The highest BCUT2D eigenvalue weighted by atomic mass is 16.5. The first-order chi connectivity index (χ1) is 9.60. The van der Waals surface area contributed by atoms with Crippen molar-refractivity contribution in [1.29, 1.82) is 5.26 Å². The summed E-state index contributed by atoms with van der Waals surface area (Å²) in [6.45, 7) is 3.81. The molecule has 104 valence electrons. The molecule has 4 nitrogen and oxygen atoms in total. The Balaban J connectivity index is 2.58. The van der Waals surface area contributed by atoms with E-state index in [-0.39, 0.29) is 23.8 Å². The summed E-state index contributed by atoms with van der Waals surface area (Å²) >= 11 is 0. The van der Waals surface area contributed by atoms with Gasteiger partial charge in [-0.3, -0.25) is 0 Å². The second-order valence-electron chi connectivity index (χ2n) is 5.01. The molecule has 20 heavy (non-hydrogen) atoms. The van der Waals surface area contributed by atoms with Crippen molar-refractivity contribution in [2.45, 2.75) is 25.8 Å². The van der Waals surface area contributed by atoms with Crippen molar-refractivity contribution in [2.24, 2.45) is 5.92 Å². The summed E-state index contributed by atoms with van der Waals surface area (Å²) in [5.74, 6) is -0.948. The molecule has 1 aromatic carbocycles. The fourth-order valence-corrected chi connectivity index (χ4v) is 2.82. The molecule has 0 spiro atoms. The van der Waals surface area contributed by atoms with E-state index in [1.165, 1.54) is 7.11 Å². The van der Waals surface area contributed by atoms with Crippen LogP contribution in [0.2, 0.25) is 0 Å². The van der Waals surface area contributed by atoms with Crippen molar-refractivity contribution >= 4 is 5.97 Å². The van der Waals surface area contributed by atoms with E-state index >= 15 is 0 Å². The van der Waals surface area contributed by atoms with Gasteiger partial charge in [0.25, 0.3) is 0 Å². The van der Waals surface area contributed by atoms with Gasteiger partial charge < -0.3 is 10.1 Å². The molecule has 0 aliphatic carbocycles.